The average Bonchev–Trinajstić information content (AvgIpc) is 3.69. The van der Waals surface area contributed by atoms with Crippen LogP contribution in [0.15, 0.2) is 67.0 Å². The standard InChI is InChI=1S/C48H68N8O7Si/c1-13-37(63-64(11,12)48(6,7)8)22-27-61-45-51-44(55(31-34-14-18-38(59-9)19-15-34)32-35-16-20-39(60-10)21-17-35)43-50-30-40(56(43)52-45)41(57)36-28-33(2)42(49-29-36)53-23-25-54(26-24-53)46(58)62-47(3,4)5/h14-21,28-30,37,41,57H,13,22-27,31-32H2,1-12H3/t37-,41?/m0/s1. The fourth-order valence-electron chi connectivity index (χ4n) is 7.32. The third-order valence-electron chi connectivity index (χ3n) is 12.0. The molecule has 0 saturated carbocycles. The van der Waals surface area contributed by atoms with Gasteiger partial charge >= 0.3 is 12.1 Å². The minimum absolute atomic E-state index is 0.0175. The number of imidazole rings is 1. The van der Waals surface area contributed by atoms with Crippen LogP contribution in [-0.4, -0.2) is 108 Å². The first kappa shape index (κ1) is 48.0. The molecule has 3 aromatic heterocycles. The number of hydrogen-bond donors (Lipinski definition) is 1. The molecule has 5 aromatic rings. The molecule has 2 aromatic carbocycles. The molecule has 0 radical (unpaired) electrons. The lowest BCUT2D eigenvalue weighted by atomic mass is 10.1. The minimum Gasteiger partial charge on any atom is -0.497 e. The molecule has 1 unspecified atom stereocenters. The number of hydrogen-bond acceptors (Lipinski definition) is 13. The zero-order valence-corrected chi connectivity index (χ0v) is 40.8. The predicted molar refractivity (Wildman–Crippen MR) is 252 cm³/mol. The van der Waals surface area contributed by atoms with Crippen molar-refractivity contribution in [2.45, 2.75) is 117 Å². The topological polar surface area (TPSA) is 149 Å². The van der Waals surface area contributed by atoms with Gasteiger partial charge in [0.2, 0.25) is 0 Å². The van der Waals surface area contributed by atoms with Crippen molar-refractivity contribution in [3.63, 3.8) is 0 Å². The van der Waals surface area contributed by atoms with Crippen LogP contribution in [0.3, 0.4) is 0 Å². The predicted octanol–water partition coefficient (Wildman–Crippen LogP) is 8.76. The number of aliphatic hydroxyl groups excluding tert-OH is 1. The SMILES string of the molecule is CC[C@@H](CCOc1nc(N(Cc2ccc(OC)cc2)Cc2ccc(OC)cc2)c2ncc(C(O)c3cnc(N4CCN(C(=O)OC(C)(C)C)CC4)c(C)c3)n2n1)O[Si](C)(C)C(C)(C)C. The van der Waals surface area contributed by atoms with Crippen molar-refractivity contribution in [3.05, 3.63) is 94.9 Å². The number of carbonyl (C=O) groups is 1. The summed E-state index contributed by atoms with van der Waals surface area (Å²) >= 11 is 0. The van der Waals surface area contributed by atoms with E-state index in [0.29, 0.717) is 75.0 Å². The van der Waals surface area contributed by atoms with E-state index in [1.807, 2.05) is 82.3 Å². The van der Waals surface area contributed by atoms with Gasteiger partial charge < -0.3 is 43.2 Å². The van der Waals surface area contributed by atoms with E-state index in [1.165, 1.54) is 0 Å². The van der Waals surface area contributed by atoms with Crippen molar-refractivity contribution in [1.82, 2.24) is 29.5 Å². The number of fused-ring (bicyclic) bond motifs is 1. The Balaban J connectivity index is 1.33. The number of methoxy groups -OCH3 is 2. The largest absolute Gasteiger partial charge is 0.497 e. The Kier molecular flexibility index (Phi) is 15.1. The number of ether oxygens (including phenoxy) is 4. The molecule has 1 aliphatic rings. The summed E-state index contributed by atoms with van der Waals surface area (Å²) in [6.45, 7) is 24.5. The number of aromatic nitrogens is 5. The van der Waals surface area contributed by atoms with E-state index in [-0.39, 0.29) is 23.2 Å². The summed E-state index contributed by atoms with van der Waals surface area (Å²) in [4.78, 5) is 33.5. The van der Waals surface area contributed by atoms with Crippen molar-refractivity contribution in [1.29, 1.82) is 0 Å². The van der Waals surface area contributed by atoms with Crippen molar-refractivity contribution < 1.29 is 33.3 Å². The summed E-state index contributed by atoms with van der Waals surface area (Å²) in [5, 5.41) is 17.1. The van der Waals surface area contributed by atoms with Gasteiger partial charge in [0.1, 0.15) is 29.0 Å². The third-order valence-corrected chi connectivity index (χ3v) is 16.5. The third kappa shape index (κ3) is 11.8. The maximum atomic E-state index is 12.7. The van der Waals surface area contributed by atoms with Crippen LogP contribution in [-0.2, 0) is 22.3 Å². The lowest BCUT2D eigenvalue weighted by molar-refractivity contribution is 0.0240. The number of pyridine rings is 1. The molecule has 1 N–H and O–H groups in total. The molecule has 4 heterocycles. The van der Waals surface area contributed by atoms with Crippen molar-refractivity contribution in [3.8, 4) is 17.5 Å². The van der Waals surface area contributed by atoms with Crippen LogP contribution in [0.1, 0.15) is 95.4 Å². The molecule has 0 aliphatic carbocycles. The second-order valence-corrected chi connectivity index (χ2v) is 23.8. The van der Waals surface area contributed by atoms with Gasteiger partial charge in [-0.05, 0) is 99.3 Å². The van der Waals surface area contributed by atoms with Gasteiger partial charge in [0.05, 0.1) is 32.7 Å². The molecule has 346 valence electrons. The zero-order valence-electron chi connectivity index (χ0n) is 39.8. The lowest BCUT2D eigenvalue weighted by Crippen LogP contribution is -2.50. The average molecular weight is 897 g/mol. The first-order valence-electron chi connectivity index (χ1n) is 22.2. The van der Waals surface area contributed by atoms with Crippen LogP contribution >= 0.6 is 0 Å². The number of nitrogens with zero attached hydrogens (tertiary/aromatic N) is 8. The highest BCUT2D eigenvalue weighted by molar-refractivity contribution is 6.74. The van der Waals surface area contributed by atoms with Crippen LogP contribution in [0.25, 0.3) is 5.65 Å². The van der Waals surface area contributed by atoms with Gasteiger partial charge in [-0.25, -0.2) is 19.3 Å². The number of piperazine rings is 1. The first-order chi connectivity index (χ1) is 30.3. The molecule has 0 bridgehead atoms. The van der Waals surface area contributed by atoms with Crippen LogP contribution < -0.4 is 24.0 Å². The van der Waals surface area contributed by atoms with Crippen molar-refractivity contribution >= 4 is 31.7 Å². The van der Waals surface area contributed by atoms with Crippen LogP contribution in [0.2, 0.25) is 18.1 Å². The Morgan fingerprint density at radius 2 is 1.47 bits per heavy atom. The maximum absolute atomic E-state index is 12.7. The molecule has 1 fully saturated rings. The number of aliphatic hydroxyl groups is 1. The summed E-state index contributed by atoms with van der Waals surface area (Å²) in [5.41, 5.74) is 3.87. The summed E-state index contributed by atoms with van der Waals surface area (Å²) in [7, 11) is 1.29. The molecule has 1 saturated heterocycles. The van der Waals surface area contributed by atoms with Crippen LogP contribution in [0, 0.1) is 6.92 Å². The number of aryl methyl sites for hydroxylation is 1. The summed E-state index contributed by atoms with van der Waals surface area (Å²) in [6, 6.07) is 18.0. The van der Waals surface area contributed by atoms with Crippen LogP contribution in [0.4, 0.5) is 16.4 Å². The van der Waals surface area contributed by atoms with Gasteiger partial charge in [0, 0.05) is 63.6 Å². The van der Waals surface area contributed by atoms with E-state index in [4.69, 9.17) is 43.4 Å². The Labute approximate surface area is 379 Å². The molecule has 15 nitrogen and oxygen atoms in total. The number of rotatable bonds is 17. The van der Waals surface area contributed by atoms with E-state index in [2.05, 4.69) is 50.6 Å². The summed E-state index contributed by atoms with van der Waals surface area (Å²) in [5.74, 6) is 2.86. The highest BCUT2D eigenvalue weighted by Gasteiger charge is 2.39. The number of amides is 1. The first-order valence-corrected chi connectivity index (χ1v) is 25.1. The zero-order chi connectivity index (χ0) is 46.4. The fourth-order valence-corrected chi connectivity index (χ4v) is 8.79. The molecule has 2 atom stereocenters. The molecular formula is C48H68N8O7Si. The van der Waals surface area contributed by atoms with E-state index in [9.17, 15) is 9.90 Å². The van der Waals surface area contributed by atoms with E-state index in [0.717, 1.165) is 40.4 Å². The van der Waals surface area contributed by atoms with Gasteiger partial charge in [-0.1, -0.05) is 52.0 Å². The van der Waals surface area contributed by atoms with Crippen molar-refractivity contribution in [2.24, 2.45) is 0 Å². The minimum atomic E-state index is -2.02. The number of anilines is 2. The molecule has 1 amide bonds. The highest BCUT2D eigenvalue weighted by atomic mass is 28.4. The summed E-state index contributed by atoms with van der Waals surface area (Å²) < 4.78 is 31.3. The summed E-state index contributed by atoms with van der Waals surface area (Å²) in [6.07, 6.45) is 3.42. The monoisotopic (exact) mass is 896 g/mol. The normalized spacial score (nSPS) is 14.6. The van der Waals surface area contributed by atoms with Gasteiger partial charge in [-0.15, -0.1) is 5.10 Å². The molecule has 6 rings (SSSR count). The molecule has 16 heteroatoms. The van der Waals surface area contributed by atoms with E-state index in [1.54, 1.807) is 36.0 Å². The van der Waals surface area contributed by atoms with Crippen molar-refractivity contribution in [2.75, 3.05) is 56.8 Å². The quantitative estimate of drug-likeness (QED) is 0.0888. The molecular weight excluding hydrogens is 829 g/mol. The van der Waals surface area contributed by atoms with Gasteiger partial charge in [-0.3, -0.25) is 0 Å². The molecule has 1 aliphatic heterocycles. The van der Waals surface area contributed by atoms with Gasteiger partial charge in [-0.2, -0.15) is 4.98 Å². The van der Waals surface area contributed by atoms with Gasteiger partial charge in [0.25, 0.3) is 0 Å². The highest BCUT2D eigenvalue weighted by Crippen LogP contribution is 2.38. The van der Waals surface area contributed by atoms with Gasteiger partial charge in [0.15, 0.2) is 19.8 Å². The van der Waals surface area contributed by atoms with E-state index >= 15 is 0 Å². The van der Waals surface area contributed by atoms with Crippen LogP contribution in [0.5, 0.6) is 17.5 Å². The number of carbonyl (C=O) groups excluding carboxylic acids is 1. The second-order valence-electron chi connectivity index (χ2n) is 19.0. The molecule has 0 spiro atoms. The second kappa shape index (κ2) is 20.2. The number of benzene rings is 2. The fraction of sp³-hybridized carbons (Fsp3) is 0.521. The lowest BCUT2D eigenvalue weighted by Gasteiger charge is -2.39. The Morgan fingerprint density at radius 3 is 1.98 bits per heavy atom. The Bertz CT molecular complexity index is 2270. The smallest absolute Gasteiger partial charge is 0.410 e. The Hall–Kier alpha value is -5.45. The van der Waals surface area contributed by atoms with E-state index < -0.39 is 20.0 Å². The molecule has 64 heavy (non-hydrogen) atoms. The Morgan fingerprint density at radius 1 is 0.875 bits per heavy atom. The maximum Gasteiger partial charge on any atom is 0.410 e.